The van der Waals surface area contributed by atoms with Crippen LogP contribution in [0.4, 0.5) is 8.78 Å². The molecule has 2 aromatic carbocycles. The molecule has 23 heavy (non-hydrogen) atoms. The highest BCUT2D eigenvalue weighted by atomic mass is 35.5. The van der Waals surface area contributed by atoms with Crippen molar-refractivity contribution in [3.63, 3.8) is 0 Å². The largest absolute Gasteiger partial charge is 0.315 e. The van der Waals surface area contributed by atoms with Crippen molar-refractivity contribution in [1.82, 2.24) is 4.57 Å². The number of fused-ring (bicyclic) bond motifs is 1. The molecule has 3 nitrogen and oxygen atoms in total. The molecule has 0 atom stereocenters. The van der Waals surface area contributed by atoms with E-state index in [0.29, 0.717) is 16.4 Å². The SMILES string of the molecule is CCn1c(=NC(=O)c2c(F)cccc2F)sc2cccc(Cl)c21. The predicted molar refractivity (Wildman–Crippen MR) is 86.8 cm³/mol. The van der Waals surface area contributed by atoms with E-state index in [1.165, 1.54) is 17.4 Å². The third kappa shape index (κ3) is 2.80. The van der Waals surface area contributed by atoms with Crippen molar-refractivity contribution in [3.8, 4) is 0 Å². The zero-order chi connectivity index (χ0) is 16.6. The van der Waals surface area contributed by atoms with Gasteiger partial charge in [0.25, 0.3) is 5.91 Å². The molecule has 1 heterocycles. The van der Waals surface area contributed by atoms with Crippen LogP contribution in [0.1, 0.15) is 17.3 Å². The van der Waals surface area contributed by atoms with Crippen molar-refractivity contribution < 1.29 is 13.6 Å². The van der Waals surface area contributed by atoms with E-state index in [1.54, 1.807) is 16.7 Å². The number of aryl methyl sites for hydroxylation is 1. The summed E-state index contributed by atoms with van der Waals surface area (Å²) in [6.45, 7) is 2.40. The number of nitrogens with zero attached hydrogens (tertiary/aromatic N) is 2. The molecule has 0 aliphatic carbocycles. The van der Waals surface area contributed by atoms with Crippen LogP contribution in [0.15, 0.2) is 41.4 Å². The van der Waals surface area contributed by atoms with Crippen LogP contribution >= 0.6 is 22.9 Å². The lowest BCUT2D eigenvalue weighted by Gasteiger charge is -2.02. The van der Waals surface area contributed by atoms with E-state index in [1.807, 2.05) is 13.0 Å². The molecular formula is C16H11ClF2N2OS. The number of hydrogen-bond donors (Lipinski definition) is 0. The second-order valence-electron chi connectivity index (χ2n) is 4.73. The maximum Gasteiger partial charge on any atom is 0.285 e. The van der Waals surface area contributed by atoms with Crippen LogP contribution in [-0.4, -0.2) is 10.5 Å². The summed E-state index contributed by atoms with van der Waals surface area (Å²) in [4.78, 5) is 16.5. The predicted octanol–water partition coefficient (Wildman–Crippen LogP) is 4.40. The molecule has 0 spiro atoms. The Hall–Kier alpha value is -2.05. The molecule has 0 saturated carbocycles. The van der Waals surface area contributed by atoms with Gasteiger partial charge in [0.2, 0.25) is 0 Å². The second kappa shape index (κ2) is 6.22. The highest BCUT2D eigenvalue weighted by Gasteiger charge is 2.17. The first-order chi connectivity index (χ1) is 11.0. The standard InChI is InChI=1S/C16H11ClF2N2OS/c1-2-21-14-9(17)5-3-8-12(14)23-16(21)20-15(22)13-10(18)6-4-7-11(13)19/h3-8H,2H2,1H3. The lowest BCUT2D eigenvalue weighted by Crippen LogP contribution is -2.17. The summed E-state index contributed by atoms with van der Waals surface area (Å²) in [5.74, 6) is -2.81. The van der Waals surface area contributed by atoms with E-state index in [-0.39, 0.29) is 0 Å². The summed E-state index contributed by atoms with van der Waals surface area (Å²) >= 11 is 7.44. The Balaban J connectivity index is 2.22. The fourth-order valence-corrected chi connectivity index (χ4v) is 3.76. The molecule has 1 aromatic heterocycles. The summed E-state index contributed by atoms with van der Waals surface area (Å²) in [5.41, 5.74) is 0.0981. The van der Waals surface area contributed by atoms with Crippen LogP contribution in [0.2, 0.25) is 5.02 Å². The van der Waals surface area contributed by atoms with Crippen LogP contribution in [0.3, 0.4) is 0 Å². The molecule has 0 unspecified atom stereocenters. The Morgan fingerprint density at radius 2 is 1.87 bits per heavy atom. The first-order valence-electron chi connectivity index (χ1n) is 6.84. The Morgan fingerprint density at radius 3 is 2.52 bits per heavy atom. The van der Waals surface area contributed by atoms with Gasteiger partial charge in [-0.05, 0) is 31.2 Å². The fourth-order valence-electron chi connectivity index (χ4n) is 2.31. The Labute approximate surface area is 139 Å². The number of hydrogen-bond acceptors (Lipinski definition) is 2. The highest BCUT2D eigenvalue weighted by molar-refractivity contribution is 7.16. The molecular weight excluding hydrogens is 342 g/mol. The average Bonchev–Trinajstić information content (AvgIpc) is 2.85. The summed E-state index contributed by atoms with van der Waals surface area (Å²) < 4.78 is 30.0. The lowest BCUT2D eigenvalue weighted by atomic mass is 10.2. The average molecular weight is 353 g/mol. The molecule has 1 amide bonds. The second-order valence-corrected chi connectivity index (χ2v) is 6.15. The van der Waals surface area contributed by atoms with Gasteiger partial charge >= 0.3 is 0 Å². The summed E-state index contributed by atoms with van der Waals surface area (Å²) in [6.07, 6.45) is 0. The monoisotopic (exact) mass is 352 g/mol. The van der Waals surface area contributed by atoms with Crippen molar-refractivity contribution in [2.24, 2.45) is 4.99 Å². The minimum absolute atomic E-state index is 0.350. The Kier molecular flexibility index (Phi) is 4.28. The zero-order valence-corrected chi connectivity index (χ0v) is 13.6. The maximum absolute atomic E-state index is 13.7. The molecule has 7 heteroatoms. The number of carbonyl (C=O) groups excluding carboxylic acids is 1. The number of halogens is 3. The van der Waals surface area contributed by atoms with E-state index >= 15 is 0 Å². The van der Waals surface area contributed by atoms with Gasteiger partial charge in [-0.25, -0.2) is 8.78 Å². The highest BCUT2D eigenvalue weighted by Crippen LogP contribution is 2.25. The quantitative estimate of drug-likeness (QED) is 0.673. The Morgan fingerprint density at radius 1 is 1.22 bits per heavy atom. The van der Waals surface area contributed by atoms with Crippen molar-refractivity contribution in [1.29, 1.82) is 0 Å². The van der Waals surface area contributed by atoms with Gasteiger partial charge in [0.05, 0.1) is 15.2 Å². The summed E-state index contributed by atoms with van der Waals surface area (Å²) in [5, 5.41) is 0.534. The number of benzene rings is 2. The van der Waals surface area contributed by atoms with E-state index < -0.39 is 23.1 Å². The minimum Gasteiger partial charge on any atom is -0.315 e. The maximum atomic E-state index is 13.7. The van der Waals surface area contributed by atoms with Crippen molar-refractivity contribution >= 4 is 39.1 Å². The lowest BCUT2D eigenvalue weighted by molar-refractivity contribution is 0.0990. The third-order valence-corrected chi connectivity index (χ3v) is 4.69. The van der Waals surface area contributed by atoms with Crippen LogP contribution in [-0.2, 0) is 6.54 Å². The smallest absolute Gasteiger partial charge is 0.285 e. The van der Waals surface area contributed by atoms with Gasteiger partial charge in [0, 0.05) is 6.54 Å². The van der Waals surface area contributed by atoms with E-state index in [4.69, 9.17) is 11.6 Å². The van der Waals surface area contributed by atoms with Gasteiger partial charge < -0.3 is 4.57 Å². The summed E-state index contributed by atoms with van der Waals surface area (Å²) in [7, 11) is 0. The molecule has 0 aliphatic heterocycles. The van der Waals surface area contributed by atoms with Gasteiger partial charge in [-0.15, -0.1) is 0 Å². The topological polar surface area (TPSA) is 34.4 Å². The van der Waals surface area contributed by atoms with Crippen LogP contribution in [0.25, 0.3) is 10.2 Å². The van der Waals surface area contributed by atoms with Gasteiger partial charge in [0.1, 0.15) is 17.2 Å². The fraction of sp³-hybridized carbons (Fsp3) is 0.125. The number of amides is 1. The normalized spacial score (nSPS) is 12.1. The minimum atomic E-state index is -0.953. The van der Waals surface area contributed by atoms with Gasteiger partial charge in [-0.2, -0.15) is 4.99 Å². The third-order valence-electron chi connectivity index (χ3n) is 3.34. The van der Waals surface area contributed by atoms with E-state index in [9.17, 15) is 13.6 Å². The number of carbonyl (C=O) groups is 1. The molecule has 0 bridgehead atoms. The number of rotatable bonds is 2. The van der Waals surface area contributed by atoms with Gasteiger partial charge in [-0.3, -0.25) is 4.79 Å². The number of thiazole rings is 1. The number of para-hydroxylation sites is 1. The molecule has 3 aromatic rings. The van der Waals surface area contributed by atoms with Crippen molar-refractivity contribution in [3.05, 3.63) is 63.4 Å². The van der Waals surface area contributed by atoms with Gasteiger partial charge in [0.15, 0.2) is 4.80 Å². The van der Waals surface area contributed by atoms with Gasteiger partial charge in [-0.1, -0.05) is 35.1 Å². The van der Waals surface area contributed by atoms with Crippen LogP contribution < -0.4 is 4.80 Å². The zero-order valence-electron chi connectivity index (χ0n) is 12.0. The molecule has 118 valence electrons. The molecule has 0 N–H and O–H groups in total. The molecule has 0 aliphatic rings. The van der Waals surface area contributed by atoms with Crippen molar-refractivity contribution in [2.75, 3.05) is 0 Å². The van der Waals surface area contributed by atoms with Crippen LogP contribution in [0, 0.1) is 11.6 Å². The molecule has 0 fully saturated rings. The first kappa shape index (κ1) is 15.8. The number of aromatic nitrogens is 1. The van der Waals surface area contributed by atoms with E-state index in [0.717, 1.165) is 22.3 Å². The Bertz CT molecular complexity index is 958. The molecule has 3 rings (SSSR count). The van der Waals surface area contributed by atoms with E-state index in [2.05, 4.69) is 4.99 Å². The summed E-state index contributed by atoms with van der Waals surface area (Å²) in [6, 6.07) is 8.65. The molecule has 0 saturated heterocycles. The first-order valence-corrected chi connectivity index (χ1v) is 8.03. The molecule has 0 radical (unpaired) electrons. The van der Waals surface area contributed by atoms with Crippen molar-refractivity contribution in [2.45, 2.75) is 13.5 Å². The van der Waals surface area contributed by atoms with Crippen LogP contribution in [0.5, 0.6) is 0 Å².